The Kier molecular flexibility index (Phi) is 6.61. The lowest BCUT2D eigenvalue weighted by Gasteiger charge is -2.41. The maximum Gasteiger partial charge on any atom is 0.379 e. The first-order valence-electron chi connectivity index (χ1n) is 8.42. The first kappa shape index (κ1) is 19.2. The third-order valence-electron chi connectivity index (χ3n) is 4.67. The van der Waals surface area contributed by atoms with E-state index < -0.39 is 17.9 Å². The van der Waals surface area contributed by atoms with Crippen LogP contribution < -0.4 is 4.90 Å². The van der Waals surface area contributed by atoms with Gasteiger partial charge in [-0.05, 0) is 53.7 Å². The molecule has 134 valence electrons. The number of benzene rings is 1. The lowest BCUT2D eigenvalue weighted by atomic mass is 9.80. The van der Waals surface area contributed by atoms with Crippen LogP contribution in [0.3, 0.4) is 0 Å². The van der Waals surface area contributed by atoms with Gasteiger partial charge in [-0.1, -0.05) is 31.4 Å². The smallest absolute Gasteiger partial charge is 0.379 e. The van der Waals surface area contributed by atoms with Crippen molar-refractivity contribution in [3.8, 4) is 0 Å². The van der Waals surface area contributed by atoms with Crippen molar-refractivity contribution in [2.75, 3.05) is 18.6 Å². The average Bonchev–Trinajstić information content (AvgIpc) is 2.56. The number of carbonyl (C=O) groups is 1. The van der Waals surface area contributed by atoms with Gasteiger partial charge in [-0.3, -0.25) is 0 Å². The van der Waals surface area contributed by atoms with E-state index >= 15 is 0 Å². The molecule has 0 aromatic heterocycles. The first-order chi connectivity index (χ1) is 11.4. The van der Waals surface area contributed by atoms with Crippen LogP contribution in [0.4, 0.5) is 14.5 Å². The van der Waals surface area contributed by atoms with Gasteiger partial charge >= 0.3 is 11.9 Å². The van der Waals surface area contributed by atoms with Crippen LogP contribution in [0.25, 0.3) is 0 Å². The highest BCUT2D eigenvalue weighted by molar-refractivity contribution is 9.10. The Labute approximate surface area is 150 Å². The Hall–Kier alpha value is -1.17. The molecule has 1 atom stereocenters. The van der Waals surface area contributed by atoms with Crippen molar-refractivity contribution in [2.45, 2.75) is 51.0 Å². The molecule has 1 aromatic carbocycles. The van der Waals surface area contributed by atoms with E-state index in [1.165, 1.54) is 4.90 Å². The molecule has 1 aliphatic rings. The van der Waals surface area contributed by atoms with Gasteiger partial charge in [-0.15, -0.1) is 0 Å². The quantitative estimate of drug-likeness (QED) is 0.623. The first-order valence-corrected chi connectivity index (χ1v) is 9.21. The highest BCUT2D eigenvalue weighted by Gasteiger charge is 2.54. The van der Waals surface area contributed by atoms with Gasteiger partial charge in [0.05, 0.1) is 12.3 Å². The lowest BCUT2D eigenvalue weighted by Crippen LogP contribution is -2.56. The SMILES string of the molecule is CCOC(=O)C(F)(F)C(C1CCCCC1)N(C)c1ccccc1Br. The number of hydrogen-bond acceptors (Lipinski definition) is 3. The van der Waals surface area contributed by atoms with Gasteiger partial charge in [0.1, 0.15) is 6.04 Å². The van der Waals surface area contributed by atoms with Gasteiger partial charge in [0.25, 0.3) is 0 Å². The van der Waals surface area contributed by atoms with E-state index in [1.54, 1.807) is 26.1 Å². The maximum absolute atomic E-state index is 15.0. The number of nitrogens with zero attached hydrogens (tertiary/aromatic N) is 1. The summed E-state index contributed by atoms with van der Waals surface area (Å²) in [4.78, 5) is 13.5. The van der Waals surface area contributed by atoms with Crippen LogP contribution in [0.5, 0.6) is 0 Å². The molecule has 0 amide bonds. The molecule has 0 spiro atoms. The fourth-order valence-corrected chi connectivity index (χ4v) is 4.11. The highest BCUT2D eigenvalue weighted by Crippen LogP contribution is 2.40. The van der Waals surface area contributed by atoms with Crippen molar-refractivity contribution < 1.29 is 18.3 Å². The number of esters is 1. The number of alkyl halides is 2. The van der Waals surface area contributed by atoms with E-state index in [-0.39, 0.29) is 12.5 Å². The van der Waals surface area contributed by atoms with Gasteiger partial charge in [-0.2, -0.15) is 8.78 Å². The molecular formula is C18H24BrF2NO2. The lowest BCUT2D eigenvalue weighted by molar-refractivity contribution is -0.177. The molecular weight excluding hydrogens is 380 g/mol. The van der Waals surface area contributed by atoms with Gasteiger partial charge in [0.2, 0.25) is 0 Å². The molecule has 1 fully saturated rings. The van der Waals surface area contributed by atoms with Crippen LogP contribution >= 0.6 is 15.9 Å². The molecule has 0 saturated heterocycles. The van der Waals surface area contributed by atoms with E-state index in [4.69, 9.17) is 0 Å². The van der Waals surface area contributed by atoms with Crippen molar-refractivity contribution in [1.82, 2.24) is 0 Å². The molecule has 1 unspecified atom stereocenters. The average molecular weight is 404 g/mol. The zero-order valence-electron chi connectivity index (χ0n) is 14.1. The summed E-state index contributed by atoms with van der Waals surface area (Å²) in [5.74, 6) is -5.23. The number of halogens is 3. The van der Waals surface area contributed by atoms with Gasteiger partial charge in [-0.25, -0.2) is 4.79 Å². The van der Waals surface area contributed by atoms with Gasteiger partial charge in [0.15, 0.2) is 0 Å². The number of rotatable bonds is 6. The molecule has 3 nitrogen and oxygen atoms in total. The van der Waals surface area contributed by atoms with Crippen molar-refractivity contribution in [3.63, 3.8) is 0 Å². The number of hydrogen-bond donors (Lipinski definition) is 0. The molecule has 1 saturated carbocycles. The van der Waals surface area contributed by atoms with Crippen molar-refractivity contribution in [1.29, 1.82) is 0 Å². The summed E-state index contributed by atoms with van der Waals surface area (Å²) in [6.07, 6.45) is 4.31. The predicted octanol–water partition coefficient (Wildman–Crippen LogP) is 5.03. The summed E-state index contributed by atoms with van der Waals surface area (Å²) >= 11 is 3.42. The molecule has 0 heterocycles. The number of carbonyl (C=O) groups excluding carboxylic acids is 1. The number of para-hydroxylation sites is 1. The Bertz CT molecular complexity index is 562. The molecule has 6 heteroatoms. The highest BCUT2D eigenvalue weighted by atomic mass is 79.9. The van der Waals surface area contributed by atoms with E-state index in [0.29, 0.717) is 18.5 Å². The zero-order valence-corrected chi connectivity index (χ0v) is 15.7. The monoisotopic (exact) mass is 403 g/mol. The predicted molar refractivity (Wildman–Crippen MR) is 94.5 cm³/mol. The van der Waals surface area contributed by atoms with Crippen molar-refractivity contribution in [2.24, 2.45) is 5.92 Å². The third-order valence-corrected chi connectivity index (χ3v) is 5.34. The summed E-state index contributed by atoms with van der Waals surface area (Å²) in [5, 5.41) is 0. The summed E-state index contributed by atoms with van der Waals surface area (Å²) in [6, 6.07) is 6.01. The summed E-state index contributed by atoms with van der Waals surface area (Å²) in [7, 11) is 1.63. The normalized spacial score (nSPS) is 17.4. The molecule has 0 N–H and O–H groups in total. The molecule has 0 radical (unpaired) electrons. The van der Waals surface area contributed by atoms with E-state index in [0.717, 1.165) is 23.7 Å². The van der Waals surface area contributed by atoms with Crippen LogP contribution in [-0.4, -0.2) is 31.6 Å². The molecule has 1 aliphatic carbocycles. The Morgan fingerprint density at radius 2 is 1.96 bits per heavy atom. The van der Waals surface area contributed by atoms with E-state index in [2.05, 4.69) is 20.7 Å². The second-order valence-corrected chi connectivity index (χ2v) is 7.10. The fraction of sp³-hybridized carbons (Fsp3) is 0.611. The molecule has 1 aromatic rings. The second kappa shape index (κ2) is 8.28. The minimum atomic E-state index is -3.55. The van der Waals surface area contributed by atoms with Crippen molar-refractivity contribution >= 4 is 27.6 Å². The third kappa shape index (κ3) is 4.08. The molecule has 0 bridgehead atoms. The number of ether oxygens (including phenoxy) is 1. The Balaban J connectivity index is 2.38. The topological polar surface area (TPSA) is 29.5 Å². The zero-order chi connectivity index (χ0) is 17.7. The minimum Gasteiger partial charge on any atom is -0.461 e. The summed E-state index contributed by atoms with van der Waals surface area (Å²) in [5.41, 5.74) is 0.650. The van der Waals surface area contributed by atoms with Crippen molar-refractivity contribution in [3.05, 3.63) is 28.7 Å². The minimum absolute atomic E-state index is 0.0510. The van der Waals surface area contributed by atoms with Gasteiger partial charge < -0.3 is 9.64 Å². The van der Waals surface area contributed by atoms with E-state index in [9.17, 15) is 13.6 Å². The van der Waals surface area contributed by atoms with E-state index in [1.807, 2.05) is 12.1 Å². The van der Waals surface area contributed by atoms with Crippen LogP contribution in [-0.2, 0) is 9.53 Å². The summed E-state index contributed by atoms with van der Waals surface area (Å²) in [6.45, 7) is 1.49. The standard InChI is InChI=1S/C18H24BrF2NO2/c1-3-24-17(23)18(20,21)16(13-9-5-4-6-10-13)22(2)15-12-8-7-11-14(15)19/h7-8,11-13,16H,3-6,9-10H2,1-2H3. The van der Waals surface area contributed by atoms with Crippen LogP contribution in [0.2, 0.25) is 0 Å². The molecule has 24 heavy (non-hydrogen) atoms. The fourth-order valence-electron chi connectivity index (χ4n) is 3.54. The van der Waals surface area contributed by atoms with Crippen LogP contribution in [0.15, 0.2) is 28.7 Å². The summed E-state index contributed by atoms with van der Waals surface area (Å²) < 4.78 is 35.4. The van der Waals surface area contributed by atoms with Crippen LogP contribution in [0.1, 0.15) is 39.0 Å². The molecule has 2 rings (SSSR count). The Morgan fingerprint density at radius 3 is 2.54 bits per heavy atom. The largest absolute Gasteiger partial charge is 0.461 e. The maximum atomic E-state index is 15.0. The van der Waals surface area contributed by atoms with Crippen LogP contribution in [0, 0.1) is 5.92 Å². The molecule has 0 aliphatic heterocycles. The Morgan fingerprint density at radius 1 is 1.33 bits per heavy atom. The second-order valence-electron chi connectivity index (χ2n) is 6.25. The number of anilines is 1. The van der Waals surface area contributed by atoms with Gasteiger partial charge in [0, 0.05) is 11.5 Å².